The summed E-state index contributed by atoms with van der Waals surface area (Å²) in [6.45, 7) is 4.61. The Morgan fingerprint density at radius 2 is 1.95 bits per heavy atom. The largest absolute Gasteiger partial charge is 0.380 e. The molecule has 0 saturated carbocycles. The minimum atomic E-state index is -0.436. The first-order valence-electron chi connectivity index (χ1n) is 6.53. The Labute approximate surface area is 116 Å². The molecule has 1 aliphatic heterocycles. The number of ketones is 1. The van der Waals surface area contributed by atoms with Crippen LogP contribution in [0.25, 0.3) is 11.4 Å². The first-order valence-corrected chi connectivity index (χ1v) is 6.53. The molecule has 2 aromatic heterocycles. The highest BCUT2D eigenvalue weighted by molar-refractivity contribution is 5.85. The fraction of sp³-hybridized carbons (Fsp3) is 0.429. The van der Waals surface area contributed by atoms with Crippen LogP contribution in [-0.2, 0) is 9.53 Å². The second-order valence-corrected chi connectivity index (χ2v) is 4.94. The maximum Gasteiger partial charge on any atom is 0.239 e. The molecular weight excluding hydrogens is 258 g/mol. The van der Waals surface area contributed by atoms with Gasteiger partial charge in [0.15, 0.2) is 0 Å². The van der Waals surface area contributed by atoms with Crippen LogP contribution >= 0.6 is 0 Å². The van der Waals surface area contributed by atoms with E-state index in [4.69, 9.17) is 9.26 Å². The highest BCUT2D eigenvalue weighted by Crippen LogP contribution is 2.24. The quantitative estimate of drug-likeness (QED) is 0.830. The summed E-state index contributed by atoms with van der Waals surface area (Å²) in [6, 6.07) is 3.78. The summed E-state index contributed by atoms with van der Waals surface area (Å²) in [5.41, 5.74) is 2.63. The van der Waals surface area contributed by atoms with E-state index in [2.05, 4.69) is 15.1 Å². The third-order valence-corrected chi connectivity index (χ3v) is 3.25. The van der Waals surface area contributed by atoms with Crippen LogP contribution in [0.2, 0.25) is 0 Å². The van der Waals surface area contributed by atoms with Crippen LogP contribution < -0.4 is 0 Å². The summed E-state index contributed by atoms with van der Waals surface area (Å²) in [7, 11) is 0. The third kappa shape index (κ3) is 2.46. The smallest absolute Gasteiger partial charge is 0.239 e. The van der Waals surface area contributed by atoms with E-state index in [1.165, 1.54) is 0 Å². The van der Waals surface area contributed by atoms with Gasteiger partial charge in [0.2, 0.25) is 11.7 Å². The summed E-state index contributed by atoms with van der Waals surface area (Å²) in [5.74, 6) is 0.464. The molecule has 2 aromatic rings. The number of rotatable bonds is 2. The predicted octanol–water partition coefficient (Wildman–Crippen LogP) is 1.82. The van der Waals surface area contributed by atoms with Crippen LogP contribution in [0.5, 0.6) is 0 Å². The first-order chi connectivity index (χ1) is 9.63. The molecule has 1 saturated heterocycles. The molecule has 0 aliphatic carbocycles. The summed E-state index contributed by atoms with van der Waals surface area (Å²) in [5, 5.41) is 3.96. The molecule has 0 bridgehead atoms. The molecule has 1 fully saturated rings. The fourth-order valence-electron chi connectivity index (χ4n) is 2.31. The SMILES string of the molecule is Cc1cc(-c2noc(C3COCCC3=O)n2)cc(C)n1. The molecule has 0 spiro atoms. The van der Waals surface area contributed by atoms with Crippen molar-refractivity contribution in [1.82, 2.24) is 15.1 Å². The highest BCUT2D eigenvalue weighted by Gasteiger charge is 2.29. The van der Waals surface area contributed by atoms with Gasteiger partial charge in [0.05, 0.1) is 13.2 Å². The van der Waals surface area contributed by atoms with Gasteiger partial charge in [0.1, 0.15) is 11.7 Å². The number of aryl methyl sites for hydroxylation is 2. The molecule has 0 N–H and O–H groups in total. The number of aromatic nitrogens is 3. The lowest BCUT2D eigenvalue weighted by Crippen LogP contribution is -2.25. The van der Waals surface area contributed by atoms with Crippen molar-refractivity contribution in [2.75, 3.05) is 13.2 Å². The zero-order valence-electron chi connectivity index (χ0n) is 11.4. The number of hydrogen-bond acceptors (Lipinski definition) is 6. The molecule has 1 atom stereocenters. The van der Waals surface area contributed by atoms with Crippen molar-refractivity contribution >= 4 is 5.78 Å². The lowest BCUT2D eigenvalue weighted by Gasteiger charge is -2.17. The maximum atomic E-state index is 11.8. The van der Waals surface area contributed by atoms with Crippen LogP contribution in [-0.4, -0.2) is 34.1 Å². The third-order valence-electron chi connectivity index (χ3n) is 3.25. The Bertz CT molecular complexity index is 631. The van der Waals surface area contributed by atoms with Crippen molar-refractivity contribution in [3.63, 3.8) is 0 Å². The minimum absolute atomic E-state index is 0.0912. The Kier molecular flexibility index (Phi) is 3.31. The molecular formula is C14H15N3O3. The van der Waals surface area contributed by atoms with Gasteiger partial charge in [-0.2, -0.15) is 4.98 Å². The lowest BCUT2D eigenvalue weighted by atomic mass is 10.0. The molecule has 3 heterocycles. The molecule has 0 amide bonds. The van der Waals surface area contributed by atoms with Crippen LogP contribution in [0.4, 0.5) is 0 Å². The summed E-state index contributed by atoms with van der Waals surface area (Å²) in [4.78, 5) is 20.5. The standard InChI is InChI=1S/C14H15N3O3/c1-8-5-10(6-9(2)15-8)13-16-14(20-17-13)11-7-19-4-3-12(11)18/h5-6,11H,3-4,7H2,1-2H3. The summed E-state index contributed by atoms with van der Waals surface area (Å²) < 4.78 is 10.5. The van der Waals surface area contributed by atoms with E-state index in [0.29, 0.717) is 31.3 Å². The Morgan fingerprint density at radius 1 is 1.20 bits per heavy atom. The van der Waals surface area contributed by atoms with E-state index in [9.17, 15) is 4.79 Å². The number of carbonyl (C=O) groups excluding carboxylic acids is 1. The van der Waals surface area contributed by atoms with E-state index in [1.807, 2.05) is 26.0 Å². The van der Waals surface area contributed by atoms with Gasteiger partial charge in [-0.3, -0.25) is 9.78 Å². The van der Waals surface area contributed by atoms with Gasteiger partial charge in [-0.15, -0.1) is 0 Å². The van der Waals surface area contributed by atoms with Gasteiger partial charge in [-0.1, -0.05) is 5.16 Å². The highest BCUT2D eigenvalue weighted by atomic mass is 16.5. The van der Waals surface area contributed by atoms with E-state index in [-0.39, 0.29) is 5.78 Å². The van der Waals surface area contributed by atoms with E-state index >= 15 is 0 Å². The van der Waals surface area contributed by atoms with Crippen molar-refractivity contribution in [1.29, 1.82) is 0 Å². The number of pyridine rings is 1. The normalized spacial score (nSPS) is 19.3. The van der Waals surface area contributed by atoms with Crippen molar-refractivity contribution in [2.45, 2.75) is 26.2 Å². The van der Waals surface area contributed by atoms with Crippen LogP contribution in [0.3, 0.4) is 0 Å². The van der Waals surface area contributed by atoms with Crippen LogP contribution in [0.15, 0.2) is 16.7 Å². The molecule has 1 unspecified atom stereocenters. The second kappa shape index (κ2) is 5.13. The number of Topliss-reactive ketones (excluding diaryl/α,β-unsaturated/α-hetero) is 1. The zero-order valence-corrected chi connectivity index (χ0v) is 11.4. The lowest BCUT2D eigenvalue weighted by molar-refractivity contribution is -0.127. The Balaban J connectivity index is 1.91. The first kappa shape index (κ1) is 12.9. The molecule has 0 radical (unpaired) electrons. The number of ether oxygens (including phenoxy) is 1. The summed E-state index contributed by atoms with van der Waals surface area (Å²) in [6.07, 6.45) is 0.399. The van der Waals surface area contributed by atoms with E-state index < -0.39 is 5.92 Å². The molecule has 3 rings (SSSR count). The van der Waals surface area contributed by atoms with Gasteiger partial charge in [-0.25, -0.2) is 0 Å². The maximum absolute atomic E-state index is 11.8. The van der Waals surface area contributed by atoms with Crippen LogP contribution in [0, 0.1) is 13.8 Å². The van der Waals surface area contributed by atoms with Gasteiger partial charge in [0, 0.05) is 23.4 Å². The predicted molar refractivity (Wildman–Crippen MR) is 70.2 cm³/mol. The number of nitrogens with zero attached hydrogens (tertiary/aromatic N) is 3. The van der Waals surface area contributed by atoms with Crippen molar-refractivity contribution in [3.8, 4) is 11.4 Å². The average Bonchev–Trinajstić information content (AvgIpc) is 2.87. The van der Waals surface area contributed by atoms with Crippen molar-refractivity contribution in [3.05, 3.63) is 29.4 Å². The number of carbonyl (C=O) groups is 1. The molecule has 6 heteroatoms. The van der Waals surface area contributed by atoms with Gasteiger partial charge in [0.25, 0.3) is 0 Å². The molecule has 20 heavy (non-hydrogen) atoms. The van der Waals surface area contributed by atoms with Gasteiger partial charge >= 0.3 is 0 Å². The van der Waals surface area contributed by atoms with Crippen LogP contribution in [0.1, 0.15) is 29.6 Å². The van der Waals surface area contributed by atoms with Gasteiger partial charge in [-0.05, 0) is 26.0 Å². The molecule has 6 nitrogen and oxygen atoms in total. The molecule has 104 valence electrons. The summed E-state index contributed by atoms with van der Waals surface area (Å²) >= 11 is 0. The minimum Gasteiger partial charge on any atom is -0.380 e. The number of hydrogen-bond donors (Lipinski definition) is 0. The zero-order chi connectivity index (χ0) is 14.1. The van der Waals surface area contributed by atoms with Crippen molar-refractivity contribution in [2.24, 2.45) is 0 Å². The van der Waals surface area contributed by atoms with Gasteiger partial charge < -0.3 is 9.26 Å². The molecule has 1 aliphatic rings. The Hall–Kier alpha value is -2.08. The monoisotopic (exact) mass is 273 g/mol. The Morgan fingerprint density at radius 3 is 2.65 bits per heavy atom. The topological polar surface area (TPSA) is 78.1 Å². The van der Waals surface area contributed by atoms with E-state index in [0.717, 1.165) is 17.0 Å². The van der Waals surface area contributed by atoms with E-state index in [1.54, 1.807) is 0 Å². The average molecular weight is 273 g/mol. The molecule has 0 aromatic carbocycles. The second-order valence-electron chi connectivity index (χ2n) is 4.94. The fourth-order valence-corrected chi connectivity index (χ4v) is 2.31. The van der Waals surface area contributed by atoms with Crippen molar-refractivity contribution < 1.29 is 14.1 Å².